The van der Waals surface area contributed by atoms with E-state index in [9.17, 15) is 14.0 Å². The Balaban J connectivity index is 1.17. The summed E-state index contributed by atoms with van der Waals surface area (Å²) in [6.45, 7) is 5.18. The van der Waals surface area contributed by atoms with Crippen LogP contribution in [0, 0.1) is 5.82 Å². The van der Waals surface area contributed by atoms with Crippen LogP contribution in [0.1, 0.15) is 39.2 Å². The fraction of sp³-hybridized carbons (Fsp3) is 0.357. The number of piperazine rings is 1. The summed E-state index contributed by atoms with van der Waals surface area (Å²) in [7, 11) is 1.79. The fourth-order valence-electron chi connectivity index (χ4n) is 5.28. The number of hydrogen-bond donors (Lipinski definition) is 1. The first-order valence-electron chi connectivity index (χ1n) is 12.4. The van der Waals surface area contributed by atoms with E-state index in [-0.39, 0.29) is 23.7 Å². The largest absolute Gasteiger partial charge is 0.369 e. The van der Waals surface area contributed by atoms with Crippen molar-refractivity contribution in [2.75, 3.05) is 51.2 Å². The van der Waals surface area contributed by atoms with Gasteiger partial charge in [-0.15, -0.1) is 11.3 Å². The van der Waals surface area contributed by atoms with Crippen molar-refractivity contribution >= 4 is 28.8 Å². The summed E-state index contributed by atoms with van der Waals surface area (Å²) in [6, 6.07) is 17.8. The van der Waals surface area contributed by atoms with Crippen LogP contribution in [0.3, 0.4) is 0 Å². The standard InChI is InChI=1S/C28H31FN4O2S/c1-31-26(24-8-4-19-36-24)25(22-6-2-3-7-23(22)28(31)35)27(34)30-13-5-14-32-15-17-33(18-16-32)21-11-9-20(29)10-12-21/h2-4,6-12,19,25-26H,5,13-18H2,1H3,(H,30,34). The number of halogens is 1. The summed E-state index contributed by atoms with van der Waals surface area (Å²) in [5, 5.41) is 5.14. The molecule has 188 valence electrons. The van der Waals surface area contributed by atoms with Crippen molar-refractivity contribution in [3.05, 3.63) is 87.9 Å². The molecule has 2 unspecified atom stereocenters. The number of amides is 2. The van der Waals surface area contributed by atoms with Crippen molar-refractivity contribution in [3.63, 3.8) is 0 Å². The van der Waals surface area contributed by atoms with E-state index in [1.54, 1.807) is 23.3 Å². The van der Waals surface area contributed by atoms with Gasteiger partial charge in [-0.25, -0.2) is 4.39 Å². The van der Waals surface area contributed by atoms with Gasteiger partial charge in [0.15, 0.2) is 0 Å². The molecule has 1 fully saturated rings. The minimum atomic E-state index is -0.443. The van der Waals surface area contributed by atoms with Gasteiger partial charge < -0.3 is 15.1 Å². The normalized spacial score (nSPS) is 20.3. The van der Waals surface area contributed by atoms with Crippen LogP contribution in [0.2, 0.25) is 0 Å². The van der Waals surface area contributed by atoms with Crippen LogP contribution in [-0.4, -0.2) is 67.9 Å². The van der Waals surface area contributed by atoms with Gasteiger partial charge in [-0.2, -0.15) is 0 Å². The summed E-state index contributed by atoms with van der Waals surface area (Å²) >= 11 is 1.57. The third-order valence-electron chi connectivity index (χ3n) is 7.21. The third-order valence-corrected chi connectivity index (χ3v) is 8.15. The first-order valence-corrected chi connectivity index (χ1v) is 13.3. The van der Waals surface area contributed by atoms with Crippen molar-refractivity contribution in [1.29, 1.82) is 0 Å². The molecule has 3 heterocycles. The molecular weight excluding hydrogens is 475 g/mol. The highest BCUT2D eigenvalue weighted by atomic mass is 32.1. The monoisotopic (exact) mass is 506 g/mol. The van der Waals surface area contributed by atoms with Crippen LogP contribution < -0.4 is 10.2 Å². The molecule has 0 bridgehead atoms. The molecule has 36 heavy (non-hydrogen) atoms. The number of carbonyl (C=O) groups is 2. The molecule has 1 aromatic heterocycles. The Morgan fingerprint density at radius 2 is 1.78 bits per heavy atom. The lowest BCUT2D eigenvalue weighted by molar-refractivity contribution is -0.124. The Kier molecular flexibility index (Phi) is 7.34. The fourth-order valence-corrected chi connectivity index (χ4v) is 6.18. The van der Waals surface area contributed by atoms with E-state index in [2.05, 4.69) is 15.1 Å². The molecule has 1 saturated heterocycles. The number of anilines is 1. The van der Waals surface area contributed by atoms with Crippen LogP contribution in [-0.2, 0) is 4.79 Å². The average molecular weight is 507 g/mol. The molecule has 8 heteroatoms. The topological polar surface area (TPSA) is 55.9 Å². The zero-order chi connectivity index (χ0) is 25.1. The number of benzene rings is 2. The van der Waals surface area contributed by atoms with E-state index in [0.29, 0.717) is 12.1 Å². The third kappa shape index (κ3) is 5.01. The van der Waals surface area contributed by atoms with E-state index in [4.69, 9.17) is 0 Å². The second-order valence-electron chi connectivity index (χ2n) is 9.39. The quantitative estimate of drug-likeness (QED) is 0.490. The Hall–Kier alpha value is -3.23. The maximum atomic E-state index is 13.5. The first kappa shape index (κ1) is 24.5. The number of thiophene rings is 1. The van der Waals surface area contributed by atoms with Crippen LogP contribution in [0.25, 0.3) is 0 Å². The summed E-state index contributed by atoms with van der Waals surface area (Å²) in [5.41, 5.74) is 2.46. The molecule has 5 rings (SSSR count). The van der Waals surface area contributed by atoms with Crippen LogP contribution in [0.4, 0.5) is 10.1 Å². The molecule has 0 saturated carbocycles. The van der Waals surface area contributed by atoms with Gasteiger partial charge in [-0.3, -0.25) is 14.5 Å². The van der Waals surface area contributed by atoms with Gasteiger partial charge in [0.05, 0.1) is 12.0 Å². The predicted molar refractivity (Wildman–Crippen MR) is 141 cm³/mol. The lowest BCUT2D eigenvalue weighted by Gasteiger charge is -2.39. The van der Waals surface area contributed by atoms with Gasteiger partial charge in [-0.05, 0) is 60.3 Å². The maximum absolute atomic E-state index is 13.5. The van der Waals surface area contributed by atoms with Crippen molar-refractivity contribution in [2.24, 2.45) is 0 Å². The highest BCUT2D eigenvalue weighted by Gasteiger charge is 2.42. The molecule has 2 atom stereocenters. The second-order valence-corrected chi connectivity index (χ2v) is 10.4. The van der Waals surface area contributed by atoms with E-state index >= 15 is 0 Å². The number of nitrogens with zero attached hydrogens (tertiary/aromatic N) is 3. The SMILES string of the molecule is CN1C(=O)c2ccccc2C(C(=O)NCCCN2CCN(c3ccc(F)cc3)CC2)C1c1cccs1. The minimum absolute atomic E-state index is 0.0404. The van der Waals surface area contributed by atoms with Gasteiger partial charge in [-0.1, -0.05) is 24.3 Å². The second kappa shape index (κ2) is 10.8. The molecular formula is C28H31FN4O2S. The Bertz CT molecular complexity index is 1190. The maximum Gasteiger partial charge on any atom is 0.254 e. The number of nitrogens with one attached hydrogen (secondary N) is 1. The van der Waals surface area contributed by atoms with E-state index in [1.807, 2.05) is 53.9 Å². The number of rotatable bonds is 7. The molecule has 2 aliphatic rings. The molecule has 0 radical (unpaired) electrons. The van der Waals surface area contributed by atoms with Crippen LogP contribution in [0.15, 0.2) is 66.0 Å². The zero-order valence-electron chi connectivity index (χ0n) is 20.4. The Morgan fingerprint density at radius 1 is 1.03 bits per heavy atom. The minimum Gasteiger partial charge on any atom is -0.369 e. The summed E-state index contributed by atoms with van der Waals surface area (Å²) in [4.78, 5) is 33.9. The molecule has 1 N–H and O–H groups in total. The predicted octanol–water partition coefficient (Wildman–Crippen LogP) is 4.13. The number of carbonyl (C=O) groups excluding carboxylic acids is 2. The molecule has 2 aliphatic heterocycles. The van der Waals surface area contributed by atoms with Crippen LogP contribution in [0.5, 0.6) is 0 Å². The highest BCUT2D eigenvalue weighted by Crippen LogP contribution is 2.43. The van der Waals surface area contributed by atoms with E-state index in [1.165, 1.54) is 12.1 Å². The molecule has 2 amide bonds. The smallest absolute Gasteiger partial charge is 0.254 e. The lowest BCUT2D eigenvalue weighted by Crippen LogP contribution is -2.47. The molecule has 0 spiro atoms. The summed E-state index contributed by atoms with van der Waals surface area (Å²) < 4.78 is 13.2. The number of fused-ring (bicyclic) bond motifs is 1. The van der Waals surface area contributed by atoms with Crippen molar-refractivity contribution < 1.29 is 14.0 Å². The van der Waals surface area contributed by atoms with Gasteiger partial charge >= 0.3 is 0 Å². The number of likely N-dealkylation sites (N-methyl/N-ethyl adjacent to an activating group) is 1. The van der Waals surface area contributed by atoms with Gasteiger partial charge in [0, 0.05) is 55.9 Å². The average Bonchev–Trinajstić information content (AvgIpc) is 3.44. The lowest BCUT2D eigenvalue weighted by atomic mass is 9.81. The van der Waals surface area contributed by atoms with Gasteiger partial charge in [0.2, 0.25) is 5.91 Å². The van der Waals surface area contributed by atoms with Crippen molar-refractivity contribution in [2.45, 2.75) is 18.4 Å². The van der Waals surface area contributed by atoms with E-state index in [0.717, 1.165) is 55.3 Å². The number of hydrogen-bond acceptors (Lipinski definition) is 5. The zero-order valence-corrected chi connectivity index (χ0v) is 21.2. The van der Waals surface area contributed by atoms with E-state index < -0.39 is 5.92 Å². The van der Waals surface area contributed by atoms with Crippen molar-refractivity contribution in [3.8, 4) is 0 Å². The molecule has 6 nitrogen and oxygen atoms in total. The van der Waals surface area contributed by atoms with Gasteiger partial charge in [0.25, 0.3) is 5.91 Å². The molecule has 2 aromatic carbocycles. The van der Waals surface area contributed by atoms with Crippen LogP contribution >= 0.6 is 11.3 Å². The Labute approximate surface area is 215 Å². The van der Waals surface area contributed by atoms with Gasteiger partial charge in [0.1, 0.15) is 5.82 Å². The summed E-state index contributed by atoms with van der Waals surface area (Å²) in [5.74, 6) is -0.743. The Morgan fingerprint density at radius 3 is 2.50 bits per heavy atom. The molecule has 0 aliphatic carbocycles. The molecule has 3 aromatic rings. The first-order chi connectivity index (χ1) is 17.5. The summed E-state index contributed by atoms with van der Waals surface area (Å²) in [6.07, 6.45) is 0.856. The van der Waals surface area contributed by atoms with Crippen molar-refractivity contribution in [1.82, 2.24) is 15.1 Å². The highest BCUT2D eigenvalue weighted by molar-refractivity contribution is 7.10.